The number of quaternary nitrogens is 1. The first-order valence-electron chi connectivity index (χ1n) is 8.96. The van der Waals surface area contributed by atoms with E-state index in [2.05, 4.69) is 22.9 Å². The van der Waals surface area contributed by atoms with Gasteiger partial charge in [0.05, 0.1) is 37.1 Å². The molecule has 3 aromatic rings. The lowest BCUT2D eigenvalue weighted by Gasteiger charge is -2.36. The van der Waals surface area contributed by atoms with Gasteiger partial charge < -0.3 is 14.8 Å². The van der Waals surface area contributed by atoms with Gasteiger partial charge in [-0.2, -0.15) is 0 Å². The summed E-state index contributed by atoms with van der Waals surface area (Å²) in [6.45, 7) is 6.03. The summed E-state index contributed by atoms with van der Waals surface area (Å²) >= 11 is 6.11. The molecule has 2 aromatic carbocycles. The Morgan fingerprint density at radius 3 is 2.69 bits per heavy atom. The summed E-state index contributed by atoms with van der Waals surface area (Å²) < 4.78 is 0. The number of piperazine rings is 1. The number of hydrogen-bond acceptors (Lipinski definition) is 3. The van der Waals surface area contributed by atoms with E-state index in [-0.39, 0.29) is 11.6 Å². The number of rotatable bonds is 3. The van der Waals surface area contributed by atoms with Crippen LogP contribution in [0.5, 0.6) is 0 Å². The van der Waals surface area contributed by atoms with Crippen molar-refractivity contribution in [2.45, 2.75) is 13.0 Å². The molecule has 0 bridgehead atoms. The fourth-order valence-electron chi connectivity index (χ4n) is 3.66. The Bertz CT molecular complexity index is 979. The highest BCUT2D eigenvalue weighted by atomic mass is 35.5. The first-order valence-corrected chi connectivity index (χ1v) is 9.33. The Morgan fingerprint density at radius 2 is 1.92 bits per heavy atom. The highest BCUT2D eigenvalue weighted by molar-refractivity contribution is 6.30. The molecule has 0 radical (unpaired) electrons. The van der Waals surface area contributed by atoms with Gasteiger partial charge in [0.2, 0.25) is 0 Å². The van der Waals surface area contributed by atoms with E-state index in [1.165, 1.54) is 10.6 Å². The number of fused-ring (bicyclic) bond motifs is 1. The molecule has 1 saturated heterocycles. The van der Waals surface area contributed by atoms with Crippen molar-refractivity contribution in [1.82, 2.24) is 9.97 Å². The summed E-state index contributed by atoms with van der Waals surface area (Å²) in [5.74, 6) is 0.764. The van der Waals surface area contributed by atoms with Crippen molar-refractivity contribution in [2.75, 3.05) is 31.1 Å². The quantitative estimate of drug-likeness (QED) is 0.743. The molecule has 0 spiro atoms. The third-order valence-corrected chi connectivity index (χ3v) is 5.47. The van der Waals surface area contributed by atoms with E-state index >= 15 is 0 Å². The molecule has 0 saturated carbocycles. The normalized spacial score (nSPS) is 16.8. The molecule has 2 N–H and O–H groups in total. The van der Waals surface area contributed by atoms with Crippen LogP contribution >= 0.6 is 11.6 Å². The van der Waals surface area contributed by atoms with E-state index < -0.39 is 0 Å². The minimum atomic E-state index is -0.0607. The van der Waals surface area contributed by atoms with Crippen LogP contribution in [0, 0.1) is 0 Å². The highest BCUT2D eigenvalue weighted by Gasteiger charge is 2.27. The van der Waals surface area contributed by atoms with Gasteiger partial charge >= 0.3 is 0 Å². The predicted molar refractivity (Wildman–Crippen MR) is 105 cm³/mol. The Hall–Kier alpha value is -2.37. The van der Waals surface area contributed by atoms with E-state index in [9.17, 15) is 4.79 Å². The van der Waals surface area contributed by atoms with Gasteiger partial charge in [-0.25, -0.2) is 4.98 Å². The van der Waals surface area contributed by atoms with Crippen molar-refractivity contribution < 1.29 is 4.90 Å². The van der Waals surface area contributed by atoms with Gasteiger partial charge in [0, 0.05) is 10.7 Å². The number of benzene rings is 2. The van der Waals surface area contributed by atoms with Crippen molar-refractivity contribution in [2.24, 2.45) is 0 Å². The van der Waals surface area contributed by atoms with Crippen LogP contribution in [-0.4, -0.2) is 36.1 Å². The third-order valence-electron chi connectivity index (χ3n) is 5.23. The standard InChI is InChI=1S/C20H21ClN4O/c1-14(19-22-18-8-3-2-7-17(18)20(26)23-19)24-9-11-25(12-10-24)16-6-4-5-15(21)13-16/h2-8,13-14H,9-12H2,1H3,(H,22,23,26)/p+1/t14-/m0/s1. The molecule has 6 heteroatoms. The van der Waals surface area contributed by atoms with E-state index in [1.54, 1.807) is 0 Å². The monoisotopic (exact) mass is 369 g/mol. The van der Waals surface area contributed by atoms with Crippen LogP contribution in [0.2, 0.25) is 5.02 Å². The lowest BCUT2D eigenvalue weighted by Crippen LogP contribution is -3.14. The molecule has 2 heterocycles. The Balaban J connectivity index is 1.50. The number of anilines is 1. The molecule has 26 heavy (non-hydrogen) atoms. The van der Waals surface area contributed by atoms with E-state index in [4.69, 9.17) is 16.6 Å². The minimum absolute atomic E-state index is 0.0607. The zero-order valence-corrected chi connectivity index (χ0v) is 15.5. The number of halogens is 1. The fraction of sp³-hybridized carbons (Fsp3) is 0.300. The summed E-state index contributed by atoms with van der Waals surface area (Å²) in [6.07, 6.45) is 0. The second-order valence-electron chi connectivity index (χ2n) is 6.82. The summed E-state index contributed by atoms with van der Waals surface area (Å²) in [6, 6.07) is 15.6. The van der Waals surface area contributed by atoms with Crippen LogP contribution in [0.15, 0.2) is 53.3 Å². The second-order valence-corrected chi connectivity index (χ2v) is 7.25. The molecule has 1 aliphatic rings. The van der Waals surface area contributed by atoms with E-state index in [0.717, 1.165) is 42.5 Å². The molecule has 1 fully saturated rings. The number of para-hydroxylation sites is 1. The van der Waals surface area contributed by atoms with Crippen molar-refractivity contribution in [3.8, 4) is 0 Å². The maximum atomic E-state index is 12.3. The van der Waals surface area contributed by atoms with Crippen LogP contribution in [0.1, 0.15) is 18.8 Å². The Labute approximate surface area is 157 Å². The van der Waals surface area contributed by atoms with Crippen LogP contribution in [0.4, 0.5) is 5.69 Å². The maximum absolute atomic E-state index is 12.3. The van der Waals surface area contributed by atoms with Gasteiger partial charge in [0.25, 0.3) is 5.56 Å². The molecule has 4 rings (SSSR count). The van der Waals surface area contributed by atoms with Crippen LogP contribution in [0.3, 0.4) is 0 Å². The third kappa shape index (κ3) is 3.32. The number of aromatic nitrogens is 2. The second kappa shape index (κ2) is 7.09. The zero-order valence-electron chi connectivity index (χ0n) is 14.7. The first kappa shape index (κ1) is 17.1. The largest absolute Gasteiger partial charge is 0.360 e. The van der Waals surface area contributed by atoms with Crippen LogP contribution in [-0.2, 0) is 0 Å². The number of aromatic amines is 1. The zero-order chi connectivity index (χ0) is 18.1. The molecule has 1 aliphatic heterocycles. The molecule has 1 aromatic heterocycles. The van der Waals surface area contributed by atoms with Gasteiger partial charge in [-0.3, -0.25) is 4.79 Å². The predicted octanol–water partition coefficient (Wildman–Crippen LogP) is 2.04. The van der Waals surface area contributed by atoms with Gasteiger partial charge in [-0.15, -0.1) is 0 Å². The molecule has 0 aliphatic carbocycles. The first-order chi connectivity index (χ1) is 12.6. The van der Waals surface area contributed by atoms with Gasteiger partial charge in [0.15, 0.2) is 5.82 Å². The van der Waals surface area contributed by atoms with Crippen molar-refractivity contribution >= 4 is 28.2 Å². The van der Waals surface area contributed by atoms with Gasteiger partial charge in [-0.05, 0) is 37.3 Å². The molecular formula is C20H22ClN4O+. The lowest BCUT2D eigenvalue weighted by molar-refractivity contribution is -0.930. The minimum Gasteiger partial charge on any atom is -0.360 e. The van der Waals surface area contributed by atoms with E-state index in [1.807, 2.05) is 42.5 Å². The number of nitrogens with one attached hydrogen (secondary N) is 2. The maximum Gasteiger partial charge on any atom is 0.258 e. The Kier molecular flexibility index (Phi) is 4.66. The molecular weight excluding hydrogens is 348 g/mol. The molecule has 134 valence electrons. The van der Waals surface area contributed by atoms with Gasteiger partial charge in [0.1, 0.15) is 6.04 Å². The summed E-state index contributed by atoms with van der Waals surface area (Å²) in [5, 5.41) is 1.41. The molecule has 0 unspecified atom stereocenters. The molecule has 5 nitrogen and oxygen atoms in total. The smallest absolute Gasteiger partial charge is 0.258 e. The van der Waals surface area contributed by atoms with Crippen LogP contribution < -0.4 is 15.4 Å². The molecule has 0 amide bonds. The molecule has 1 atom stereocenters. The number of nitrogens with zero attached hydrogens (tertiary/aromatic N) is 2. The average molecular weight is 370 g/mol. The van der Waals surface area contributed by atoms with Crippen molar-refractivity contribution in [3.05, 3.63) is 69.7 Å². The Morgan fingerprint density at radius 1 is 1.15 bits per heavy atom. The van der Waals surface area contributed by atoms with Crippen LogP contribution in [0.25, 0.3) is 10.9 Å². The number of H-pyrrole nitrogens is 1. The van der Waals surface area contributed by atoms with Crippen molar-refractivity contribution in [3.63, 3.8) is 0 Å². The summed E-state index contributed by atoms with van der Waals surface area (Å²) in [5.41, 5.74) is 1.87. The average Bonchev–Trinajstić information content (AvgIpc) is 2.67. The van der Waals surface area contributed by atoms with Gasteiger partial charge in [-0.1, -0.05) is 29.8 Å². The highest BCUT2D eigenvalue weighted by Crippen LogP contribution is 2.19. The summed E-state index contributed by atoms with van der Waals surface area (Å²) in [4.78, 5) is 23.8. The van der Waals surface area contributed by atoms with E-state index in [0.29, 0.717) is 5.39 Å². The SMILES string of the molecule is C[C@@H](c1nc2ccccc2c(=O)[nH]1)[NH+]1CCN(c2cccc(Cl)c2)CC1. The lowest BCUT2D eigenvalue weighted by atomic mass is 10.2. The topological polar surface area (TPSA) is 53.4 Å². The fourth-order valence-corrected chi connectivity index (χ4v) is 3.85. The number of hydrogen-bond donors (Lipinski definition) is 2. The van der Waals surface area contributed by atoms with Crippen molar-refractivity contribution in [1.29, 1.82) is 0 Å². The summed E-state index contributed by atoms with van der Waals surface area (Å²) in [7, 11) is 0.